The first kappa shape index (κ1) is 14.6. The number of carbonyl (C=O) groups is 1. The van der Waals surface area contributed by atoms with Crippen molar-refractivity contribution in [1.29, 1.82) is 0 Å². The highest BCUT2D eigenvalue weighted by atomic mass is 35.5. The Morgan fingerprint density at radius 1 is 1.10 bits per heavy atom. The first-order valence-electron chi connectivity index (χ1n) is 6.05. The molecule has 0 saturated carbocycles. The van der Waals surface area contributed by atoms with Crippen LogP contribution in [-0.2, 0) is 0 Å². The number of halogens is 2. The highest BCUT2D eigenvalue weighted by molar-refractivity contribution is 6.42. The van der Waals surface area contributed by atoms with Gasteiger partial charge in [-0.1, -0.05) is 29.3 Å². The molecule has 1 amide bonds. The van der Waals surface area contributed by atoms with Crippen LogP contribution < -0.4 is 10.6 Å². The van der Waals surface area contributed by atoms with Crippen LogP contribution >= 0.6 is 23.2 Å². The predicted octanol–water partition coefficient (Wildman–Crippen LogP) is 3.23. The zero-order valence-electron chi connectivity index (χ0n) is 10.6. The predicted molar refractivity (Wildman–Crippen MR) is 81.5 cm³/mol. The molecule has 20 heavy (non-hydrogen) atoms. The van der Waals surface area contributed by atoms with Crippen LogP contribution in [0.4, 0.5) is 5.82 Å². The van der Waals surface area contributed by atoms with Crippen molar-refractivity contribution in [2.75, 3.05) is 18.4 Å². The number of aromatic nitrogens is 1. The Morgan fingerprint density at radius 3 is 2.65 bits per heavy atom. The SMILES string of the molecule is O=C(NCCNc1ccccn1)c1ccc(Cl)c(Cl)c1. The first-order valence-corrected chi connectivity index (χ1v) is 6.80. The van der Waals surface area contributed by atoms with Crippen LogP contribution in [0.2, 0.25) is 10.0 Å². The lowest BCUT2D eigenvalue weighted by Crippen LogP contribution is -2.28. The van der Waals surface area contributed by atoms with Gasteiger partial charge >= 0.3 is 0 Å². The molecule has 0 spiro atoms. The molecule has 0 fully saturated rings. The van der Waals surface area contributed by atoms with Crippen LogP contribution in [0.25, 0.3) is 0 Å². The molecular formula is C14H13Cl2N3O. The van der Waals surface area contributed by atoms with Gasteiger partial charge in [-0.2, -0.15) is 0 Å². The molecule has 0 aliphatic heterocycles. The standard InChI is InChI=1S/C14H13Cl2N3O/c15-11-5-4-10(9-12(11)16)14(20)19-8-7-18-13-3-1-2-6-17-13/h1-6,9H,7-8H2,(H,17,18)(H,19,20). The van der Waals surface area contributed by atoms with E-state index in [1.54, 1.807) is 24.4 Å². The molecule has 0 aliphatic carbocycles. The number of nitrogens with zero attached hydrogens (tertiary/aromatic N) is 1. The molecule has 2 N–H and O–H groups in total. The Balaban J connectivity index is 1.79. The van der Waals surface area contributed by atoms with E-state index in [0.29, 0.717) is 28.7 Å². The van der Waals surface area contributed by atoms with Crippen molar-refractivity contribution in [2.45, 2.75) is 0 Å². The van der Waals surface area contributed by atoms with E-state index in [4.69, 9.17) is 23.2 Å². The molecule has 1 aromatic heterocycles. The lowest BCUT2D eigenvalue weighted by atomic mass is 10.2. The zero-order chi connectivity index (χ0) is 14.4. The second-order valence-electron chi connectivity index (χ2n) is 4.03. The minimum atomic E-state index is -0.189. The highest BCUT2D eigenvalue weighted by Crippen LogP contribution is 2.22. The van der Waals surface area contributed by atoms with Crippen LogP contribution in [0.15, 0.2) is 42.6 Å². The topological polar surface area (TPSA) is 54.0 Å². The van der Waals surface area contributed by atoms with Gasteiger partial charge in [-0.15, -0.1) is 0 Å². The van der Waals surface area contributed by atoms with Gasteiger partial charge in [-0.3, -0.25) is 4.79 Å². The van der Waals surface area contributed by atoms with Crippen molar-refractivity contribution in [2.24, 2.45) is 0 Å². The smallest absolute Gasteiger partial charge is 0.251 e. The fourth-order valence-electron chi connectivity index (χ4n) is 1.57. The Morgan fingerprint density at radius 2 is 1.95 bits per heavy atom. The second-order valence-corrected chi connectivity index (χ2v) is 4.84. The third-order valence-electron chi connectivity index (χ3n) is 2.56. The fraction of sp³-hybridized carbons (Fsp3) is 0.143. The number of hydrogen-bond acceptors (Lipinski definition) is 3. The number of nitrogens with one attached hydrogen (secondary N) is 2. The van der Waals surface area contributed by atoms with Gasteiger partial charge in [-0.05, 0) is 30.3 Å². The van der Waals surface area contributed by atoms with Gasteiger partial charge < -0.3 is 10.6 Å². The van der Waals surface area contributed by atoms with Crippen LogP contribution in [0.5, 0.6) is 0 Å². The number of carbonyl (C=O) groups excluding carboxylic acids is 1. The van der Waals surface area contributed by atoms with Gasteiger partial charge in [-0.25, -0.2) is 4.98 Å². The van der Waals surface area contributed by atoms with E-state index in [9.17, 15) is 4.79 Å². The van der Waals surface area contributed by atoms with Gasteiger partial charge in [0.15, 0.2) is 0 Å². The fourth-order valence-corrected chi connectivity index (χ4v) is 1.87. The maximum Gasteiger partial charge on any atom is 0.251 e. The summed E-state index contributed by atoms with van der Waals surface area (Å²) in [6.45, 7) is 1.07. The highest BCUT2D eigenvalue weighted by Gasteiger charge is 2.07. The molecule has 104 valence electrons. The summed E-state index contributed by atoms with van der Waals surface area (Å²) >= 11 is 11.7. The normalized spacial score (nSPS) is 10.1. The minimum Gasteiger partial charge on any atom is -0.368 e. The molecule has 0 bridgehead atoms. The van der Waals surface area contributed by atoms with Gasteiger partial charge in [0, 0.05) is 24.8 Å². The van der Waals surface area contributed by atoms with E-state index in [-0.39, 0.29) is 5.91 Å². The van der Waals surface area contributed by atoms with Crippen LogP contribution in [-0.4, -0.2) is 24.0 Å². The minimum absolute atomic E-state index is 0.189. The van der Waals surface area contributed by atoms with Crippen molar-refractivity contribution < 1.29 is 4.79 Å². The Kier molecular flexibility index (Phi) is 5.21. The number of pyridine rings is 1. The summed E-state index contributed by atoms with van der Waals surface area (Å²) in [6.07, 6.45) is 1.70. The third-order valence-corrected chi connectivity index (χ3v) is 3.30. The molecule has 1 heterocycles. The van der Waals surface area contributed by atoms with E-state index in [1.807, 2.05) is 18.2 Å². The van der Waals surface area contributed by atoms with E-state index < -0.39 is 0 Å². The van der Waals surface area contributed by atoms with Gasteiger partial charge in [0.05, 0.1) is 10.0 Å². The number of amides is 1. The van der Waals surface area contributed by atoms with E-state index in [1.165, 1.54) is 0 Å². The summed E-state index contributed by atoms with van der Waals surface area (Å²) in [5.74, 6) is 0.586. The number of benzene rings is 1. The van der Waals surface area contributed by atoms with Crippen LogP contribution in [0, 0.1) is 0 Å². The molecular weight excluding hydrogens is 297 g/mol. The van der Waals surface area contributed by atoms with Crippen LogP contribution in [0.3, 0.4) is 0 Å². The molecule has 1 aromatic carbocycles. The molecule has 2 rings (SSSR count). The Labute approximate surface area is 127 Å². The molecule has 2 aromatic rings. The van der Waals surface area contributed by atoms with Crippen molar-refractivity contribution in [3.05, 3.63) is 58.2 Å². The number of rotatable bonds is 5. The lowest BCUT2D eigenvalue weighted by Gasteiger charge is -2.07. The molecule has 0 saturated heterocycles. The Bertz CT molecular complexity index is 590. The lowest BCUT2D eigenvalue weighted by molar-refractivity contribution is 0.0955. The Hall–Kier alpha value is -1.78. The quantitative estimate of drug-likeness (QED) is 0.834. The summed E-state index contributed by atoms with van der Waals surface area (Å²) in [5.41, 5.74) is 0.484. The monoisotopic (exact) mass is 309 g/mol. The van der Waals surface area contributed by atoms with Crippen molar-refractivity contribution in [3.63, 3.8) is 0 Å². The third kappa shape index (κ3) is 4.11. The summed E-state index contributed by atoms with van der Waals surface area (Å²) < 4.78 is 0. The van der Waals surface area contributed by atoms with Crippen molar-refractivity contribution >= 4 is 34.9 Å². The van der Waals surface area contributed by atoms with E-state index in [2.05, 4.69) is 15.6 Å². The molecule has 0 unspecified atom stereocenters. The average Bonchev–Trinajstić information content (AvgIpc) is 2.47. The van der Waals surface area contributed by atoms with Gasteiger partial charge in [0.25, 0.3) is 5.91 Å². The number of anilines is 1. The molecule has 4 nitrogen and oxygen atoms in total. The maximum absolute atomic E-state index is 11.9. The summed E-state index contributed by atoms with van der Waals surface area (Å²) in [7, 11) is 0. The number of hydrogen-bond donors (Lipinski definition) is 2. The van der Waals surface area contributed by atoms with E-state index >= 15 is 0 Å². The zero-order valence-corrected chi connectivity index (χ0v) is 12.1. The van der Waals surface area contributed by atoms with Crippen molar-refractivity contribution in [1.82, 2.24) is 10.3 Å². The largest absolute Gasteiger partial charge is 0.368 e. The molecule has 0 radical (unpaired) electrons. The van der Waals surface area contributed by atoms with Gasteiger partial charge in [0.2, 0.25) is 0 Å². The average molecular weight is 310 g/mol. The van der Waals surface area contributed by atoms with Crippen molar-refractivity contribution in [3.8, 4) is 0 Å². The van der Waals surface area contributed by atoms with Gasteiger partial charge in [0.1, 0.15) is 5.82 Å². The van der Waals surface area contributed by atoms with E-state index in [0.717, 1.165) is 5.82 Å². The molecule has 6 heteroatoms. The summed E-state index contributed by atoms with van der Waals surface area (Å²) in [6, 6.07) is 10.4. The molecule has 0 atom stereocenters. The molecule has 0 aliphatic rings. The maximum atomic E-state index is 11.9. The second kappa shape index (κ2) is 7.12. The summed E-state index contributed by atoms with van der Waals surface area (Å²) in [5, 5.41) is 6.68. The van der Waals surface area contributed by atoms with Crippen LogP contribution in [0.1, 0.15) is 10.4 Å². The first-order chi connectivity index (χ1) is 9.66. The summed E-state index contributed by atoms with van der Waals surface area (Å²) in [4.78, 5) is 16.0.